The zero-order chi connectivity index (χ0) is 27.9. The average molecular weight is 517 g/mol. The molecule has 2 N–H and O–H groups in total. The summed E-state index contributed by atoms with van der Waals surface area (Å²) in [6.45, 7) is 4.29. The van der Waals surface area contributed by atoms with E-state index in [0.29, 0.717) is 11.5 Å². The van der Waals surface area contributed by atoms with Crippen LogP contribution in [0.3, 0.4) is 0 Å². The molecule has 8 nitrogen and oxygen atoms in total. The van der Waals surface area contributed by atoms with E-state index in [1.807, 2.05) is 36.4 Å². The van der Waals surface area contributed by atoms with E-state index in [2.05, 4.69) is 13.8 Å². The Bertz CT molecular complexity index is 1690. The van der Waals surface area contributed by atoms with Crippen LogP contribution in [-0.2, 0) is 15.0 Å². The molecular formula is C31H20N2O6. The van der Waals surface area contributed by atoms with Gasteiger partial charge in [0.15, 0.2) is 0 Å². The molecule has 0 bridgehead atoms. The molecule has 0 amide bonds. The van der Waals surface area contributed by atoms with Crippen molar-refractivity contribution in [3.05, 3.63) is 94.5 Å². The summed E-state index contributed by atoms with van der Waals surface area (Å²) in [5.41, 5.74) is 4.76. The van der Waals surface area contributed by atoms with Crippen LogP contribution >= 0.6 is 0 Å². The second-order valence-electron chi connectivity index (χ2n) is 9.50. The molecule has 0 unspecified atom stereocenters. The summed E-state index contributed by atoms with van der Waals surface area (Å²) in [7, 11) is 0. The van der Waals surface area contributed by atoms with Crippen molar-refractivity contribution in [2.45, 2.75) is 19.3 Å². The topological polar surface area (TPSA) is 148 Å². The number of hydrogen-bond acceptors (Lipinski definition) is 6. The number of benzene rings is 2. The summed E-state index contributed by atoms with van der Waals surface area (Å²) in [5, 5.41) is 36.3. The Morgan fingerprint density at radius 2 is 1.13 bits per heavy atom. The number of furan rings is 2. The van der Waals surface area contributed by atoms with E-state index in [1.165, 1.54) is 12.2 Å². The molecule has 2 aromatic heterocycles. The van der Waals surface area contributed by atoms with Gasteiger partial charge in [0.1, 0.15) is 46.3 Å². The first-order valence-electron chi connectivity index (χ1n) is 11.8. The van der Waals surface area contributed by atoms with Crippen LogP contribution in [0, 0.1) is 22.7 Å². The molecule has 8 heteroatoms. The molecule has 0 saturated carbocycles. The molecule has 39 heavy (non-hydrogen) atoms. The highest BCUT2D eigenvalue weighted by Gasteiger charge is 2.36. The summed E-state index contributed by atoms with van der Waals surface area (Å²) in [6.07, 6.45) is 2.37. The molecule has 0 saturated heterocycles. The average Bonchev–Trinajstić information content (AvgIpc) is 3.63. The molecule has 2 aromatic carbocycles. The molecule has 0 fully saturated rings. The summed E-state index contributed by atoms with van der Waals surface area (Å²) < 4.78 is 11.7. The van der Waals surface area contributed by atoms with E-state index in [0.717, 1.165) is 33.4 Å². The largest absolute Gasteiger partial charge is 0.477 e. The Labute approximate surface area is 223 Å². The molecule has 0 spiro atoms. The van der Waals surface area contributed by atoms with Gasteiger partial charge >= 0.3 is 11.9 Å². The van der Waals surface area contributed by atoms with Crippen molar-refractivity contribution in [1.29, 1.82) is 10.5 Å². The Balaban J connectivity index is 1.54. The van der Waals surface area contributed by atoms with E-state index in [1.54, 1.807) is 36.4 Å². The van der Waals surface area contributed by atoms with Crippen LogP contribution < -0.4 is 0 Å². The van der Waals surface area contributed by atoms with Crippen molar-refractivity contribution in [3.8, 4) is 45.9 Å². The second-order valence-corrected chi connectivity index (χ2v) is 9.50. The predicted molar refractivity (Wildman–Crippen MR) is 142 cm³/mol. The lowest BCUT2D eigenvalue weighted by Gasteiger charge is -2.21. The minimum absolute atomic E-state index is 0.262. The monoisotopic (exact) mass is 516 g/mol. The first-order valence-corrected chi connectivity index (χ1v) is 11.8. The van der Waals surface area contributed by atoms with Gasteiger partial charge in [0, 0.05) is 28.7 Å². The van der Waals surface area contributed by atoms with Crippen LogP contribution in [-0.4, -0.2) is 22.2 Å². The lowest BCUT2D eigenvalue weighted by atomic mass is 9.82. The van der Waals surface area contributed by atoms with Gasteiger partial charge in [-0.15, -0.1) is 0 Å². The Morgan fingerprint density at radius 3 is 1.49 bits per heavy atom. The lowest BCUT2D eigenvalue weighted by molar-refractivity contribution is -0.133. The molecule has 1 aliphatic carbocycles. The van der Waals surface area contributed by atoms with Crippen molar-refractivity contribution in [2.24, 2.45) is 0 Å². The van der Waals surface area contributed by atoms with Crippen LogP contribution in [0.5, 0.6) is 0 Å². The molecular weight excluding hydrogens is 496 g/mol. The van der Waals surface area contributed by atoms with Crippen LogP contribution in [0.25, 0.3) is 45.9 Å². The summed E-state index contributed by atoms with van der Waals surface area (Å²) in [4.78, 5) is 22.3. The maximum atomic E-state index is 11.2. The van der Waals surface area contributed by atoms with Gasteiger partial charge in [-0.25, -0.2) is 9.59 Å². The van der Waals surface area contributed by atoms with Crippen molar-refractivity contribution in [1.82, 2.24) is 0 Å². The van der Waals surface area contributed by atoms with Gasteiger partial charge in [-0.05, 0) is 58.7 Å². The maximum Gasteiger partial charge on any atom is 0.346 e. The summed E-state index contributed by atoms with van der Waals surface area (Å²) >= 11 is 0. The predicted octanol–water partition coefficient (Wildman–Crippen LogP) is 6.50. The molecule has 0 radical (unpaired) electrons. The number of nitrogens with zero attached hydrogens (tertiary/aromatic N) is 2. The van der Waals surface area contributed by atoms with Crippen molar-refractivity contribution >= 4 is 24.1 Å². The van der Waals surface area contributed by atoms with E-state index in [9.17, 15) is 9.59 Å². The quantitative estimate of drug-likeness (QED) is 0.218. The fourth-order valence-electron chi connectivity index (χ4n) is 4.82. The van der Waals surface area contributed by atoms with Crippen LogP contribution in [0.1, 0.15) is 36.5 Å². The van der Waals surface area contributed by atoms with Gasteiger partial charge in [-0.1, -0.05) is 38.1 Å². The van der Waals surface area contributed by atoms with E-state index < -0.39 is 23.1 Å². The third-order valence-corrected chi connectivity index (χ3v) is 6.77. The van der Waals surface area contributed by atoms with E-state index in [4.69, 9.17) is 29.6 Å². The zero-order valence-corrected chi connectivity index (χ0v) is 20.9. The number of aliphatic carboxylic acids is 2. The Hall–Kier alpha value is -5.60. The highest BCUT2D eigenvalue weighted by Crippen LogP contribution is 2.50. The fraction of sp³-hybridized carbons (Fsp3) is 0.0968. The first-order chi connectivity index (χ1) is 18.6. The maximum absolute atomic E-state index is 11.2. The van der Waals surface area contributed by atoms with Gasteiger partial charge in [0.05, 0.1) is 0 Å². The highest BCUT2D eigenvalue weighted by atomic mass is 16.4. The Morgan fingerprint density at radius 1 is 0.718 bits per heavy atom. The number of carboxylic acids is 2. The number of rotatable bonds is 6. The standard InChI is InChI=1S/C31H20N2O6/c1-31(2)25-7-3-17(27-9-5-21(38-27)11-19(15-32)29(34)35)13-23(25)24-14-18(4-8-26(24)31)28-10-6-22(39-28)12-20(16-33)30(36)37/h3-14H,1-2H3,(H,34,35)(H,36,37)/b19-11-,20-12-. The lowest BCUT2D eigenvalue weighted by Crippen LogP contribution is -2.14. The number of nitriles is 2. The zero-order valence-electron chi connectivity index (χ0n) is 20.9. The highest BCUT2D eigenvalue weighted by molar-refractivity contribution is 5.97. The molecule has 190 valence electrons. The molecule has 1 aliphatic rings. The van der Waals surface area contributed by atoms with Gasteiger partial charge in [-0.3, -0.25) is 0 Å². The molecule has 4 aromatic rings. The van der Waals surface area contributed by atoms with Crippen LogP contribution in [0.4, 0.5) is 0 Å². The van der Waals surface area contributed by atoms with Crippen molar-refractivity contribution < 1.29 is 28.6 Å². The number of carbonyl (C=O) groups is 2. The summed E-state index contributed by atoms with van der Waals surface area (Å²) in [5.74, 6) is -1.06. The third kappa shape index (κ3) is 4.41. The number of hydrogen-bond donors (Lipinski definition) is 2. The molecule has 0 aliphatic heterocycles. The molecule has 2 heterocycles. The SMILES string of the molecule is CC1(C)c2ccc(-c3ccc(/C=C(/C#N)C(=O)O)o3)cc2-c2cc(-c3ccc(/C=C(/C#N)C(=O)O)o3)ccc21. The Kier molecular flexibility index (Phi) is 6.02. The van der Waals surface area contributed by atoms with Crippen LogP contribution in [0.15, 0.2) is 80.6 Å². The second kappa shape index (κ2) is 9.37. The van der Waals surface area contributed by atoms with Crippen molar-refractivity contribution in [3.63, 3.8) is 0 Å². The van der Waals surface area contributed by atoms with Crippen molar-refractivity contribution in [2.75, 3.05) is 0 Å². The van der Waals surface area contributed by atoms with Gasteiger partial charge in [0.25, 0.3) is 0 Å². The normalized spacial score (nSPS) is 13.7. The van der Waals surface area contributed by atoms with Crippen LogP contribution in [0.2, 0.25) is 0 Å². The van der Waals surface area contributed by atoms with E-state index >= 15 is 0 Å². The smallest absolute Gasteiger partial charge is 0.346 e. The fourth-order valence-corrected chi connectivity index (χ4v) is 4.82. The minimum atomic E-state index is -1.32. The number of carboxylic acid groups (broad SMARTS) is 2. The molecule has 0 atom stereocenters. The van der Waals surface area contributed by atoms with Gasteiger partial charge in [-0.2, -0.15) is 10.5 Å². The summed E-state index contributed by atoms with van der Waals surface area (Å²) in [6, 6.07) is 22.0. The van der Waals surface area contributed by atoms with Gasteiger partial charge < -0.3 is 19.0 Å². The van der Waals surface area contributed by atoms with E-state index in [-0.39, 0.29) is 16.9 Å². The molecule has 5 rings (SSSR count). The third-order valence-electron chi connectivity index (χ3n) is 6.77. The first kappa shape index (κ1) is 25.1. The van der Waals surface area contributed by atoms with Gasteiger partial charge in [0.2, 0.25) is 0 Å². The minimum Gasteiger partial charge on any atom is -0.477 e. The number of fused-ring (bicyclic) bond motifs is 3.